The third-order valence-corrected chi connectivity index (χ3v) is 3.67. The van der Waals surface area contributed by atoms with Crippen LogP contribution in [0.3, 0.4) is 0 Å². The van der Waals surface area contributed by atoms with E-state index in [4.69, 9.17) is 10.00 Å². The summed E-state index contributed by atoms with van der Waals surface area (Å²) >= 11 is 0. The lowest BCUT2D eigenvalue weighted by molar-refractivity contribution is 0.380. The Hall–Kier alpha value is -2.41. The summed E-state index contributed by atoms with van der Waals surface area (Å²) in [4.78, 5) is 0. The van der Waals surface area contributed by atoms with E-state index < -0.39 is 17.0 Å². The topological polar surface area (TPSA) is 33.0 Å². The number of rotatable bonds is 3. The summed E-state index contributed by atoms with van der Waals surface area (Å²) in [6.45, 7) is 3.64. The van der Waals surface area contributed by atoms with E-state index in [9.17, 15) is 8.78 Å². The molecule has 0 atom stereocenters. The third-order valence-electron chi connectivity index (χ3n) is 3.67. The molecule has 108 valence electrons. The van der Waals surface area contributed by atoms with E-state index in [1.54, 1.807) is 30.3 Å². The first-order valence-corrected chi connectivity index (χ1v) is 6.45. The van der Waals surface area contributed by atoms with E-state index in [0.29, 0.717) is 11.1 Å². The second-order valence-electron chi connectivity index (χ2n) is 5.25. The number of halogens is 2. The second-order valence-corrected chi connectivity index (χ2v) is 5.25. The lowest BCUT2D eigenvalue weighted by Gasteiger charge is -2.27. The summed E-state index contributed by atoms with van der Waals surface area (Å²) in [5.74, 6) is -0.876. The van der Waals surface area contributed by atoms with E-state index in [2.05, 4.69) is 0 Å². The lowest BCUT2D eigenvalue weighted by Crippen LogP contribution is -2.21. The molecule has 2 aromatic carbocycles. The van der Waals surface area contributed by atoms with Crippen molar-refractivity contribution in [2.75, 3.05) is 7.11 Å². The average Bonchev–Trinajstić information content (AvgIpc) is 2.47. The molecule has 0 aromatic heterocycles. The van der Waals surface area contributed by atoms with Crippen LogP contribution in [0.25, 0.3) is 0 Å². The van der Waals surface area contributed by atoms with Crippen molar-refractivity contribution >= 4 is 0 Å². The first-order chi connectivity index (χ1) is 9.91. The number of benzene rings is 2. The Morgan fingerprint density at radius 1 is 1.14 bits per heavy atom. The summed E-state index contributed by atoms with van der Waals surface area (Å²) in [6.07, 6.45) is 0. The Morgan fingerprint density at radius 2 is 1.86 bits per heavy atom. The smallest absolute Gasteiger partial charge is 0.169 e. The van der Waals surface area contributed by atoms with Crippen molar-refractivity contribution in [2.24, 2.45) is 0 Å². The molecule has 0 fully saturated rings. The second kappa shape index (κ2) is 5.53. The summed E-state index contributed by atoms with van der Waals surface area (Å²) in [7, 11) is 1.40. The van der Waals surface area contributed by atoms with Gasteiger partial charge in [0.05, 0.1) is 12.7 Å². The maximum atomic E-state index is 14.5. The van der Waals surface area contributed by atoms with Crippen LogP contribution in [0.2, 0.25) is 0 Å². The molecule has 0 unspecified atom stereocenters. The van der Waals surface area contributed by atoms with E-state index in [1.807, 2.05) is 13.8 Å². The fraction of sp³-hybridized carbons (Fsp3) is 0.235. The molecule has 0 N–H and O–H groups in total. The van der Waals surface area contributed by atoms with Gasteiger partial charge in [-0.15, -0.1) is 0 Å². The van der Waals surface area contributed by atoms with Crippen LogP contribution >= 0.6 is 0 Å². The van der Waals surface area contributed by atoms with Gasteiger partial charge in [-0.05, 0) is 23.8 Å². The largest absolute Gasteiger partial charge is 0.494 e. The molecule has 0 radical (unpaired) electrons. The molecule has 2 rings (SSSR count). The Balaban J connectivity index is 2.60. The van der Waals surface area contributed by atoms with E-state index in [-0.39, 0.29) is 11.3 Å². The van der Waals surface area contributed by atoms with Crippen molar-refractivity contribution in [1.29, 1.82) is 5.26 Å². The van der Waals surface area contributed by atoms with Crippen LogP contribution in [-0.2, 0) is 5.41 Å². The number of nitriles is 1. The molecule has 0 aliphatic rings. The van der Waals surface area contributed by atoms with Crippen molar-refractivity contribution in [3.05, 3.63) is 64.7 Å². The monoisotopic (exact) mass is 287 g/mol. The van der Waals surface area contributed by atoms with Crippen LogP contribution in [0.4, 0.5) is 8.78 Å². The molecule has 4 heteroatoms. The maximum Gasteiger partial charge on any atom is 0.169 e. The molecular weight excluding hydrogens is 272 g/mol. The Labute approximate surface area is 122 Å². The molecule has 2 aromatic rings. The first-order valence-electron chi connectivity index (χ1n) is 6.45. The fourth-order valence-electron chi connectivity index (χ4n) is 2.31. The highest BCUT2D eigenvalue weighted by atomic mass is 19.1. The predicted octanol–water partition coefficient (Wildman–Crippen LogP) is 4.17. The summed E-state index contributed by atoms with van der Waals surface area (Å²) < 4.78 is 32.9. The van der Waals surface area contributed by atoms with Gasteiger partial charge in [-0.3, -0.25) is 0 Å². The van der Waals surface area contributed by atoms with Crippen molar-refractivity contribution < 1.29 is 13.5 Å². The van der Waals surface area contributed by atoms with Gasteiger partial charge in [0.15, 0.2) is 11.6 Å². The van der Waals surface area contributed by atoms with Crippen molar-refractivity contribution in [3.63, 3.8) is 0 Å². The molecule has 0 bridgehead atoms. The van der Waals surface area contributed by atoms with E-state index >= 15 is 0 Å². The molecule has 0 aliphatic carbocycles. The molecule has 0 saturated carbocycles. The standard InChI is InChI=1S/C17H15F2NO/c1-17(2,12-7-8-14(18)11(9-12)10-20)13-5-4-6-15(21-3)16(13)19/h4-9H,1-3H3. The highest BCUT2D eigenvalue weighted by molar-refractivity contribution is 5.45. The average molecular weight is 287 g/mol. The van der Waals surface area contributed by atoms with Crippen LogP contribution in [-0.4, -0.2) is 7.11 Å². The van der Waals surface area contributed by atoms with Gasteiger partial charge >= 0.3 is 0 Å². The summed E-state index contributed by atoms with van der Waals surface area (Å²) in [5.41, 5.74) is 0.312. The van der Waals surface area contributed by atoms with Crippen molar-refractivity contribution in [1.82, 2.24) is 0 Å². The minimum atomic E-state index is -0.724. The molecule has 0 spiro atoms. The van der Waals surface area contributed by atoms with Gasteiger partial charge in [0.2, 0.25) is 0 Å². The van der Waals surface area contributed by atoms with Gasteiger partial charge in [0, 0.05) is 11.0 Å². The zero-order valence-electron chi connectivity index (χ0n) is 12.1. The van der Waals surface area contributed by atoms with Crippen molar-refractivity contribution in [2.45, 2.75) is 19.3 Å². The zero-order chi connectivity index (χ0) is 15.6. The number of nitrogens with zero attached hydrogens (tertiary/aromatic N) is 1. The fourth-order valence-corrected chi connectivity index (χ4v) is 2.31. The SMILES string of the molecule is COc1cccc(C(C)(C)c2ccc(F)c(C#N)c2)c1F. The molecule has 21 heavy (non-hydrogen) atoms. The van der Waals surface area contributed by atoms with E-state index in [0.717, 1.165) is 0 Å². The quantitative estimate of drug-likeness (QED) is 0.848. The Morgan fingerprint density at radius 3 is 2.48 bits per heavy atom. The van der Waals surface area contributed by atoms with Gasteiger partial charge in [-0.2, -0.15) is 5.26 Å². The van der Waals surface area contributed by atoms with Crippen LogP contribution in [0.15, 0.2) is 36.4 Å². The van der Waals surface area contributed by atoms with Gasteiger partial charge in [-0.25, -0.2) is 8.78 Å². The number of ether oxygens (including phenoxy) is 1. The zero-order valence-corrected chi connectivity index (χ0v) is 12.1. The van der Waals surface area contributed by atoms with Crippen molar-refractivity contribution in [3.8, 4) is 11.8 Å². The van der Waals surface area contributed by atoms with Crippen LogP contribution in [0, 0.1) is 23.0 Å². The number of hydrogen-bond acceptors (Lipinski definition) is 2. The van der Waals surface area contributed by atoms with Gasteiger partial charge in [-0.1, -0.05) is 32.0 Å². The minimum absolute atomic E-state index is 0.0520. The third kappa shape index (κ3) is 2.59. The highest BCUT2D eigenvalue weighted by Gasteiger charge is 2.28. The number of hydrogen-bond donors (Lipinski definition) is 0. The summed E-state index contributed by atoms with van der Waals surface area (Å²) in [5, 5.41) is 8.93. The lowest BCUT2D eigenvalue weighted by atomic mass is 9.77. The van der Waals surface area contributed by atoms with Crippen LogP contribution in [0.5, 0.6) is 5.75 Å². The molecule has 0 aliphatic heterocycles. The Kier molecular flexibility index (Phi) is 3.95. The Bertz CT molecular complexity index is 717. The van der Waals surface area contributed by atoms with Crippen LogP contribution in [0.1, 0.15) is 30.5 Å². The van der Waals surface area contributed by atoms with Gasteiger partial charge in [0.25, 0.3) is 0 Å². The molecular formula is C17H15F2NO. The van der Waals surface area contributed by atoms with Gasteiger partial charge < -0.3 is 4.74 Å². The summed E-state index contributed by atoms with van der Waals surface area (Å²) in [6, 6.07) is 11.0. The minimum Gasteiger partial charge on any atom is -0.494 e. The molecule has 2 nitrogen and oxygen atoms in total. The first kappa shape index (κ1) is 15.0. The number of methoxy groups -OCH3 is 1. The molecule has 0 heterocycles. The van der Waals surface area contributed by atoms with Crippen LogP contribution < -0.4 is 4.74 Å². The molecule has 0 saturated heterocycles. The predicted molar refractivity (Wildman–Crippen MR) is 76.2 cm³/mol. The maximum absolute atomic E-state index is 14.5. The normalized spacial score (nSPS) is 11.0. The van der Waals surface area contributed by atoms with Gasteiger partial charge in [0.1, 0.15) is 11.9 Å². The highest BCUT2D eigenvalue weighted by Crippen LogP contribution is 2.36. The van der Waals surface area contributed by atoms with E-state index in [1.165, 1.54) is 19.2 Å². The molecule has 0 amide bonds.